The van der Waals surface area contributed by atoms with Gasteiger partial charge in [-0.3, -0.25) is 4.79 Å². The Morgan fingerprint density at radius 2 is 2.16 bits per heavy atom. The summed E-state index contributed by atoms with van der Waals surface area (Å²) in [6.45, 7) is 0.743. The highest BCUT2D eigenvalue weighted by atomic mass is 32.1. The van der Waals surface area contributed by atoms with Crippen LogP contribution in [0.25, 0.3) is 0 Å². The number of para-hydroxylation sites is 1. The quantitative estimate of drug-likeness (QED) is 0.869. The molecule has 19 heavy (non-hydrogen) atoms. The topological polar surface area (TPSA) is 59.2 Å². The molecule has 0 unspecified atom stereocenters. The molecule has 4 nitrogen and oxygen atoms in total. The average Bonchev–Trinajstić information content (AvgIpc) is 2.74. The van der Waals surface area contributed by atoms with Gasteiger partial charge in [0.05, 0.1) is 0 Å². The monoisotopic (exact) mass is 273 g/mol. The summed E-state index contributed by atoms with van der Waals surface area (Å²) >= 11 is 1.30. The van der Waals surface area contributed by atoms with Crippen LogP contribution in [0.2, 0.25) is 0 Å². The number of nitrogens with two attached hydrogens (primary N) is 1. The molecule has 0 saturated heterocycles. The number of thiazole rings is 1. The summed E-state index contributed by atoms with van der Waals surface area (Å²) in [5.74, 6) is -0.0534. The molecule has 1 amide bonds. The Morgan fingerprint density at radius 3 is 2.95 bits per heavy atom. The van der Waals surface area contributed by atoms with E-state index in [1.165, 1.54) is 16.9 Å². The highest BCUT2D eigenvalue weighted by molar-refractivity contribution is 7.13. The number of nitrogens with zero attached hydrogens (tertiary/aromatic N) is 2. The number of carbonyl (C=O) groups is 1. The summed E-state index contributed by atoms with van der Waals surface area (Å²) in [5.41, 5.74) is 8.30. The zero-order chi connectivity index (χ0) is 13.2. The van der Waals surface area contributed by atoms with Gasteiger partial charge in [-0.15, -0.1) is 11.3 Å². The van der Waals surface area contributed by atoms with Crippen LogP contribution in [0.5, 0.6) is 0 Å². The van der Waals surface area contributed by atoms with E-state index < -0.39 is 0 Å². The first-order valence-electron chi connectivity index (χ1n) is 6.36. The molecule has 0 spiro atoms. The lowest BCUT2D eigenvalue weighted by Gasteiger charge is -2.21. The summed E-state index contributed by atoms with van der Waals surface area (Å²) in [5, 5.41) is 2.16. The zero-order valence-corrected chi connectivity index (χ0v) is 11.3. The lowest BCUT2D eigenvalue weighted by molar-refractivity contribution is 0.0983. The Labute approximate surface area is 115 Å². The van der Waals surface area contributed by atoms with E-state index in [2.05, 4.69) is 11.1 Å². The SMILES string of the molecule is Nc1nc(C(=O)N2CCCCc3ccccc32)cs1. The minimum absolute atomic E-state index is 0.0534. The van der Waals surface area contributed by atoms with E-state index in [0.29, 0.717) is 10.8 Å². The minimum Gasteiger partial charge on any atom is -0.375 e. The third-order valence-electron chi connectivity index (χ3n) is 3.35. The Kier molecular flexibility index (Phi) is 3.21. The van der Waals surface area contributed by atoms with Crippen molar-refractivity contribution >= 4 is 28.1 Å². The van der Waals surface area contributed by atoms with E-state index >= 15 is 0 Å². The Morgan fingerprint density at radius 1 is 1.32 bits per heavy atom. The molecule has 1 aromatic heterocycles. The molecule has 98 valence electrons. The van der Waals surface area contributed by atoms with Gasteiger partial charge in [-0.1, -0.05) is 18.2 Å². The number of aryl methyl sites for hydroxylation is 1. The number of aromatic nitrogens is 1. The zero-order valence-electron chi connectivity index (χ0n) is 10.5. The number of benzene rings is 1. The molecule has 0 bridgehead atoms. The van der Waals surface area contributed by atoms with Crippen molar-refractivity contribution in [3.8, 4) is 0 Å². The van der Waals surface area contributed by atoms with Crippen LogP contribution in [0.3, 0.4) is 0 Å². The number of hydrogen-bond acceptors (Lipinski definition) is 4. The van der Waals surface area contributed by atoms with Crippen molar-refractivity contribution in [3.63, 3.8) is 0 Å². The van der Waals surface area contributed by atoms with E-state index in [-0.39, 0.29) is 5.91 Å². The number of fused-ring (bicyclic) bond motifs is 1. The van der Waals surface area contributed by atoms with Crippen molar-refractivity contribution in [3.05, 3.63) is 40.9 Å². The fraction of sp³-hybridized carbons (Fsp3) is 0.286. The molecule has 0 radical (unpaired) electrons. The van der Waals surface area contributed by atoms with Gasteiger partial charge in [-0.05, 0) is 30.9 Å². The predicted octanol–water partition coefficient (Wildman–Crippen LogP) is 2.71. The highest BCUT2D eigenvalue weighted by Crippen LogP contribution is 2.27. The molecular weight excluding hydrogens is 258 g/mol. The van der Waals surface area contributed by atoms with Crippen LogP contribution in [0, 0.1) is 0 Å². The van der Waals surface area contributed by atoms with Crippen molar-refractivity contribution < 1.29 is 4.79 Å². The second kappa shape index (κ2) is 5.01. The summed E-state index contributed by atoms with van der Waals surface area (Å²) in [4.78, 5) is 18.5. The second-order valence-electron chi connectivity index (χ2n) is 4.61. The van der Waals surface area contributed by atoms with E-state index in [4.69, 9.17) is 5.73 Å². The second-order valence-corrected chi connectivity index (χ2v) is 5.50. The van der Waals surface area contributed by atoms with E-state index in [9.17, 15) is 4.79 Å². The van der Waals surface area contributed by atoms with Gasteiger partial charge in [0.15, 0.2) is 5.13 Å². The molecule has 1 aliphatic heterocycles. The molecule has 1 aliphatic rings. The number of anilines is 2. The molecule has 3 rings (SSSR count). The Balaban J connectivity index is 1.98. The third kappa shape index (κ3) is 2.33. The molecule has 0 saturated carbocycles. The maximum absolute atomic E-state index is 12.5. The van der Waals surface area contributed by atoms with Gasteiger partial charge in [-0.25, -0.2) is 4.98 Å². The number of carbonyl (C=O) groups excluding carboxylic acids is 1. The number of nitrogen functional groups attached to an aromatic ring is 1. The molecule has 5 heteroatoms. The first-order valence-corrected chi connectivity index (χ1v) is 7.24. The van der Waals surface area contributed by atoms with Crippen LogP contribution in [-0.2, 0) is 6.42 Å². The maximum atomic E-state index is 12.5. The van der Waals surface area contributed by atoms with Gasteiger partial charge in [0.2, 0.25) is 0 Å². The normalized spacial score (nSPS) is 14.8. The standard InChI is InChI=1S/C14H15N3OS/c15-14-16-11(9-19-14)13(18)17-8-4-3-6-10-5-1-2-7-12(10)17/h1-2,5,7,9H,3-4,6,8H2,(H2,15,16). The lowest BCUT2D eigenvalue weighted by Crippen LogP contribution is -2.32. The van der Waals surface area contributed by atoms with Gasteiger partial charge in [0.25, 0.3) is 5.91 Å². The summed E-state index contributed by atoms with van der Waals surface area (Å²) < 4.78 is 0. The maximum Gasteiger partial charge on any atom is 0.277 e. The van der Waals surface area contributed by atoms with Crippen molar-refractivity contribution in [2.24, 2.45) is 0 Å². The molecule has 2 heterocycles. The molecule has 0 aliphatic carbocycles. The van der Waals surface area contributed by atoms with Crippen LogP contribution in [0.1, 0.15) is 28.9 Å². The third-order valence-corrected chi connectivity index (χ3v) is 4.02. The molecule has 2 aromatic rings. The van der Waals surface area contributed by atoms with Gasteiger partial charge < -0.3 is 10.6 Å². The number of rotatable bonds is 1. The fourth-order valence-electron chi connectivity index (χ4n) is 2.43. The first-order chi connectivity index (χ1) is 9.25. The number of hydrogen-bond donors (Lipinski definition) is 1. The minimum atomic E-state index is -0.0534. The fourth-order valence-corrected chi connectivity index (χ4v) is 2.96. The van der Waals surface area contributed by atoms with Crippen LogP contribution < -0.4 is 10.6 Å². The molecule has 1 aromatic carbocycles. The van der Waals surface area contributed by atoms with E-state index in [1.807, 2.05) is 23.1 Å². The molecule has 0 atom stereocenters. The van der Waals surface area contributed by atoms with Crippen molar-refractivity contribution in [2.45, 2.75) is 19.3 Å². The van der Waals surface area contributed by atoms with Crippen LogP contribution in [-0.4, -0.2) is 17.4 Å². The van der Waals surface area contributed by atoms with Crippen LogP contribution in [0.15, 0.2) is 29.6 Å². The van der Waals surface area contributed by atoms with Crippen LogP contribution >= 0.6 is 11.3 Å². The summed E-state index contributed by atoms with van der Waals surface area (Å²) in [6, 6.07) is 8.10. The average molecular weight is 273 g/mol. The first kappa shape index (κ1) is 12.2. The molecular formula is C14H15N3OS. The van der Waals surface area contributed by atoms with E-state index in [0.717, 1.165) is 31.5 Å². The predicted molar refractivity (Wildman–Crippen MR) is 77.6 cm³/mol. The van der Waals surface area contributed by atoms with E-state index in [1.54, 1.807) is 5.38 Å². The summed E-state index contributed by atoms with van der Waals surface area (Å²) in [6.07, 6.45) is 3.15. The van der Waals surface area contributed by atoms with Gasteiger partial charge in [0, 0.05) is 17.6 Å². The van der Waals surface area contributed by atoms with Gasteiger partial charge in [0.1, 0.15) is 5.69 Å². The Bertz CT molecular complexity index is 608. The largest absolute Gasteiger partial charge is 0.375 e. The summed E-state index contributed by atoms with van der Waals surface area (Å²) in [7, 11) is 0. The Hall–Kier alpha value is -1.88. The van der Waals surface area contributed by atoms with Gasteiger partial charge >= 0.3 is 0 Å². The van der Waals surface area contributed by atoms with Crippen molar-refractivity contribution in [1.82, 2.24) is 4.98 Å². The number of amides is 1. The lowest BCUT2D eigenvalue weighted by atomic mass is 10.1. The smallest absolute Gasteiger partial charge is 0.277 e. The van der Waals surface area contributed by atoms with Gasteiger partial charge in [-0.2, -0.15) is 0 Å². The molecule has 0 fully saturated rings. The molecule has 2 N–H and O–H groups in total. The highest BCUT2D eigenvalue weighted by Gasteiger charge is 2.23. The van der Waals surface area contributed by atoms with Crippen molar-refractivity contribution in [2.75, 3.05) is 17.2 Å². The van der Waals surface area contributed by atoms with Crippen molar-refractivity contribution in [1.29, 1.82) is 0 Å². The van der Waals surface area contributed by atoms with Crippen LogP contribution in [0.4, 0.5) is 10.8 Å².